The summed E-state index contributed by atoms with van der Waals surface area (Å²) in [5.74, 6) is -0.239. The number of carbonyl (C=O) groups excluding carboxylic acids is 1. The summed E-state index contributed by atoms with van der Waals surface area (Å²) in [5.41, 5.74) is 7.04. The standard InChI is InChI=1S/C19H16N4O/c1-12-16(14-6-2-3-8-17(14)22-12)11-21-23-19(24)15-7-4-5-13-9-10-20-18(13)15/h2-11,20,22H,1H3,(H,23,24). The van der Waals surface area contributed by atoms with Gasteiger partial charge in [-0.2, -0.15) is 5.10 Å². The van der Waals surface area contributed by atoms with Gasteiger partial charge < -0.3 is 9.97 Å². The van der Waals surface area contributed by atoms with Crippen LogP contribution in [0.1, 0.15) is 21.6 Å². The van der Waals surface area contributed by atoms with Crippen LogP contribution in [-0.4, -0.2) is 22.1 Å². The number of nitrogens with one attached hydrogen (secondary N) is 3. The Morgan fingerprint density at radius 3 is 2.92 bits per heavy atom. The predicted molar refractivity (Wildman–Crippen MR) is 96.4 cm³/mol. The highest BCUT2D eigenvalue weighted by Crippen LogP contribution is 2.20. The van der Waals surface area contributed by atoms with Gasteiger partial charge >= 0.3 is 0 Å². The van der Waals surface area contributed by atoms with E-state index in [1.807, 2.05) is 55.6 Å². The normalized spacial score (nSPS) is 11.5. The molecule has 118 valence electrons. The molecule has 1 amide bonds. The van der Waals surface area contributed by atoms with Gasteiger partial charge in [-0.25, -0.2) is 5.43 Å². The molecule has 5 heteroatoms. The maximum Gasteiger partial charge on any atom is 0.273 e. The molecule has 0 spiro atoms. The number of hydrazone groups is 1. The summed E-state index contributed by atoms with van der Waals surface area (Å²) < 4.78 is 0. The van der Waals surface area contributed by atoms with Gasteiger partial charge in [0.25, 0.3) is 5.91 Å². The number of aryl methyl sites for hydroxylation is 1. The van der Waals surface area contributed by atoms with Gasteiger partial charge in [0, 0.05) is 33.7 Å². The van der Waals surface area contributed by atoms with E-state index in [9.17, 15) is 4.79 Å². The summed E-state index contributed by atoms with van der Waals surface area (Å²) >= 11 is 0. The van der Waals surface area contributed by atoms with Crippen LogP contribution < -0.4 is 5.43 Å². The van der Waals surface area contributed by atoms with Crippen LogP contribution in [0.3, 0.4) is 0 Å². The molecule has 0 saturated carbocycles. The van der Waals surface area contributed by atoms with Gasteiger partial charge in [0.05, 0.1) is 17.3 Å². The fourth-order valence-electron chi connectivity index (χ4n) is 2.95. The number of aromatic amines is 2. The zero-order valence-corrected chi connectivity index (χ0v) is 13.1. The highest BCUT2D eigenvalue weighted by molar-refractivity contribution is 6.06. The van der Waals surface area contributed by atoms with Crippen molar-refractivity contribution in [2.75, 3.05) is 0 Å². The minimum absolute atomic E-state index is 0.239. The Hall–Kier alpha value is -3.34. The van der Waals surface area contributed by atoms with Crippen molar-refractivity contribution in [1.82, 2.24) is 15.4 Å². The number of fused-ring (bicyclic) bond motifs is 2. The Labute approximate surface area is 138 Å². The number of rotatable bonds is 3. The van der Waals surface area contributed by atoms with Crippen molar-refractivity contribution < 1.29 is 4.79 Å². The molecule has 0 saturated heterocycles. The molecule has 0 fully saturated rings. The van der Waals surface area contributed by atoms with E-state index in [-0.39, 0.29) is 5.91 Å². The molecule has 5 nitrogen and oxygen atoms in total. The van der Waals surface area contributed by atoms with E-state index in [4.69, 9.17) is 0 Å². The van der Waals surface area contributed by atoms with Crippen LogP contribution in [0.4, 0.5) is 0 Å². The number of carbonyl (C=O) groups is 1. The van der Waals surface area contributed by atoms with Crippen molar-refractivity contribution in [2.45, 2.75) is 6.92 Å². The maximum absolute atomic E-state index is 12.4. The third-order valence-corrected chi connectivity index (χ3v) is 4.14. The predicted octanol–water partition coefficient (Wildman–Crippen LogP) is 3.72. The molecule has 0 unspecified atom stereocenters. The van der Waals surface area contributed by atoms with E-state index in [0.717, 1.165) is 33.1 Å². The van der Waals surface area contributed by atoms with E-state index < -0.39 is 0 Å². The van der Waals surface area contributed by atoms with Crippen LogP contribution in [-0.2, 0) is 0 Å². The second kappa shape index (κ2) is 5.70. The van der Waals surface area contributed by atoms with Crippen molar-refractivity contribution in [2.24, 2.45) is 5.10 Å². The lowest BCUT2D eigenvalue weighted by atomic mass is 10.1. The molecule has 2 aromatic carbocycles. The quantitative estimate of drug-likeness (QED) is 0.391. The van der Waals surface area contributed by atoms with E-state index in [1.54, 1.807) is 12.3 Å². The van der Waals surface area contributed by atoms with Gasteiger partial charge in [0.1, 0.15) is 0 Å². The molecule has 2 aromatic heterocycles. The molecule has 3 N–H and O–H groups in total. The molecular weight excluding hydrogens is 300 g/mol. The van der Waals surface area contributed by atoms with Crippen LogP contribution in [0.15, 0.2) is 59.8 Å². The van der Waals surface area contributed by atoms with Crippen molar-refractivity contribution >= 4 is 33.9 Å². The second-order valence-electron chi connectivity index (χ2n) is 5.66. The Morgan fingerprint density at radius 1 is 1.12 bits per heavy atom. The van der Waals surface area contributed by atoms with Crippen molar-refractivity contribution in [1.29, 1.82) is 0 Å². The van der Waals surface area contributed by atoms with Crippen molar-refractivity contribution in [3.05, 3.63) is 71.5 Å². The zero-order chi connectivity index (χ0) is 16.5. The Kier molecular flexibility index (Phi) is 3.39. The number of hydrogen-bond donors (Lipinski definition) is 3. The van der Waals surface area contributed by atoms with Gasteiger partial charge in [-0.1, -0.05) is 30.3 Å². The number of benzene rings is 2. The maximum atomic E-state index is 12.4. The number of nitrogens with zero attached hydrogens (tertiary/aromatic N) is 1. The van der Waals surface area contributed by atoms with E-state index in [1.165, 1.54) is 0 Å². The lowest BCUT2D eigenvalue weighted by Gasteiger charge is -2.01. The van der Waals surface area contributed by atoms with Gasteiger partial charge in [-0.15, -0.1) is 0 Å². The van der Waals surface area contributed by atoms with Crippen LogP contribution >= 0.6 is 0 Å². The van der Waals surface area contributed by atoms with Crippen LogP contribution in [0.5, 0.6) is 0 Å². The molecule has 0 aliphatic heterocycles. The second-order valence-corrected chi connectivity index (χ2v) is 5.66. The van der Waals surface area contributed by atoms with Crippen molar-refractivity contribution in [3.63, 3.8) is 0 Å². The van der Waals surface area contributed by atoms with Crippen LogP contribution in [0.2, 0.25) is 0 Å². The first kappa shape index (κ1) is 14.3. The average Bonchev–Trinajstić information content (AvgIpc) is 3.19. The lowest BCUT2D eigenvalue weighted by molar-refractivity contribution is 0.0956. The molecule has 0 atom stereocenters. The fourth-order valence-corrected chi connectivity index (χ4v) is 2.95. The summed E-state index contributed by atoms with van der Waals surface area (Å²) in [5, 5.41) is 6.22. The highest BCUT2D eigenvalue weighted by atomic mass is 16.2. The minimum atomic E-state index is -0.239. The number of hydrogen-bond acceptors (Lipinski definition) is 2. The van der Waals surface area contributed by atoms with E-state index in [2.05, 4.69) is 20.5 Å². The lowest BCUT2D eigenvalue weighted by Crippen LogP contribution is -2.18. The topological polar surface area (TPSA) is 73.0 Å². The number of aromatic nitrogens is 2. The molecule has 0 radical (unpaired) electrons. The first-order valence-corrected chi connectivity index (χ1v) is 7.71. The van der Waals surface area contributed by atoms with Gasteiger partial charge in [-0.05, 0) is 25.1 Å². The van der Waals surface area contributed by atoms with Crippen LogP contribution in [0, 0.1) is 6.92 Å². The fraction of sp³-hybridized carbons (Fsp3) is 0.0526. The minimum Gasteiger partial charge on any atom is -0.361 e. The summed E-state index contributed by atoms with van der Waals surface area (Å²) in [6.45, 7) is 1.99. The number of H-pyrrole nitrogens is 2. The molecule has 0 aliphatic rings. The third kappa shape index (κ3) is 2.36. The molecule has 0 aliphatic carbocycles. The molecule has 4 rings (SSSR count). The summed E-state index contributed by atoms with van der Waals surface area (Å²) in [6.07, 6.45) is 3.50. The Balaban J connectivity index is 1.60. The van der Waals surface area contributed by atoms with Crippen molar-refractivity contribution in [3.8, 4) is 0 Å². The van der Waals surface area contributed by atoms with E-state index in [0.29, 0.717) is 5.56 Å². The van der Waals surface area contributed by atoms with Gasteiger partial charge in [0.2, 0.25) is 0 Å². The summed E-state index contributed by atoms with van der Waals surface area (Å²) in [7, 11) is 0. The van der Waals surface area contributed by atoms with Crippen LogP contribution in [0.25, 0.3) is 21.8 Å². The zero-order valence-electron chi connectivity index (χ0n) is 13.1. The van der Waals surface area contributed by atoms with E-state index >= 15 is 0 Å². The Morgan fingerprint density at radius 2 is 2.00 bits per heavy atom. The monoisotopic (exact) mass is 316 g/mol. The summed E-state index contributed by atoms with van der Waals surface area (Å²) in [4.78, 5) is 18.8. The van der Waals surface area contributed by atoms with Gasteiger partial charge in [-0.3, -0.25) is 4.79 Å². The Bertz CT molecular complexity index is 1070. The first-order valence-electron chi connectivity index (χ1n) is 7.71. The average molecular weight is 316 g/mol. The number of para-hydroxylation sites is 2. The third-order valence-electron chi connectivity index (χ3n) is 4.14. The largest absolute Gasteiger partial charge is 0.361 e. The molecule has 0 bridgehead atoms. The summed E-state index contributed by atoms with van der Waals surface area (Å²) in [6, 6.07) is 15.5. The van der Waals surface area contributed by atoms with Gasteiger partial charge in [0.15, 0.2) is 0 Å². The molecule has 2 heterocycles. The number of amides is 1. The SMILES string of the molecule is Cc1[nH]c2ccccc2c1C=NNC(=O)c1cccc2cc[nH]c12. The molecular formula is C19H16N4O. The molecule has 24 heavy (non-hydrogen) atoms. The smallest absolute Gasteiger partial charge is 0.273 e. The highest BCUT2D eigenvalue weighted by Gasteiger charge is 2.10. The first-order chi connectivity index (χ1) is 11.7. The molecule has 4 aromatic rings.